The van der Waals surface area contributed by atoms with E-state index in [2.05, 4.69) is 10.1 Å². The van der Waals surface area contributed by atoms with Gasteiger partial charge in [-0.3, -0.25) is 0 Å². The van der Waals surface area contributed by atoms with Crippen LogP contribution in [0, 0.1) is 0 Å². The molecular weight excluding hydrogens is 299 g/mol. The number of benzene rings is 2. The first-order valence-electron chi connectivity index (χ1n) is 5.72. The van der Waals surface area contributed by atoms with E-state index in [4.69, 9.17) is 27.7 Å². The van der Waals surface area contributed by atoms with Gasteiger partial charge >= 0.3 is 0 Å². The predicted molar refractivity (Wildman–Crippen MR) is 76.9 cm³/mol. The molecule has 4 nitrogen and oxygen atoms in total. The Bertz CT molecular complexity index is 771. The number of nitrogens with zero attached hydrogens (tertiary/aromatic N) is 2. The van der Waals surface area contributed by atoms with Crippen molar-refractivity contribution in [2.24, 2.45) is 0 Å². The minimum Gasteiger partial charge on any atom is -0.507 e. The van der Waals surface area contributed by atoms with E-state index in [0.29, 0.717) is 27.0 Å². The van der Waals surface area contributed by atoms with Gasteiger partial charge in [-0.05, 0) is 30.3 Å². The van der Waals surface area contributed by atoms with Crippen LogP contribution in [0.3, 0.4) is 0 Å². The fourth-order valence-electron chi connectivity index (χ4n) is 1.74. The van der Waals surface area contributed by atoms with Gasteiger partial charge in [0.25, 0.3) is 5.89 Å². The van der Waals surface area contributed by atoms with Gasteiger partial charge in [0.1, 0.15) is 5.75 Å². The Morgan fingerprint density at radius 1 is 1.00 bits per heavy atom. The standard InChI is InChI=1S/C14H8Cl2N2O2/c15-10-6-5-8(7-11(10)16)13-17-14(20-18-13)9-3-1-2-4-12(9)19/h1-7,19H. The summed E-state index contributed by atoms with van der Waals surface area (Å²) in [4.78, 5) is 4.24. The van der Waals surface area contributed by atoms with Crippen LogP contribution in [0.5, 0.6) is 5.75 Å². The molecule has 0 atom stereocenters. The molecule has 0 aliphatic rings. The molecule has 0 saturated carbocycles. The highest BCUT2D eigenvalue weighted by Gasteiger charge is 2.14. The number of aromatic hydroxyl groups is 1. The molecule has 1 heterocycles. The average Bonchev–Trinajstić information content (AvgIpc) is 2.92. The number of phenolic OH excluding ortho intramolecular Hbond substituents is 1. The molecule has 0 amide bonds. The summed E-state index contributed by atoms with van der Waals surface area (Å²) in [6, 6.07) is 11.8. The van der Waals surface area contributed by atoms with Crippen molar-refractivity contribution in [3.8, 4) is 28.6 Å². The van der Waals surface area contributed by atoms with E-state index < -0.39 is 0 Å². The van der Waals surface area contributed by atoms with Crippen molar-refractivity contribution in [3.05, 3.63) is 52.5 Å². The maximum atomic E-state index is 9.76. The number of para-hydroxylation sites is 1. The molecule has 0 saturated heterocycles. The number of aromatic nitrogens is 2. The van der Waals surface area contributed by atoms with Crippen molar-refractivity contribution in [2.45, 2.75) is 0 Å². The van der Waals surface area contributed by atoms with Crippen molar-refractivity contribution in [1.29, 1.82) is 0 Å². The van der Waals surface area contributed by atoms with Crippen molar-refractivity contribution in [1.82, 2.24) is 10.1 Å². The molecule has 0 unspecified atom stereocenters. The number of phenols is 1. The smallest absolute Gasteiger partial charge is 0.261 e. The van der Waals surface area contributed by atoms with Crippen molar-refractivity contribution >= 4 is 23.2 Å². The minimum atomic E-state index is 0.0804. The Labute approximate surface area is 124 Å². The average molecular weight is 307 g/mol. The summed E-state index contributed by atoms with van der Waals surface area (Å²) in [6.45, 7) is 0. The lowest BCUT2D eigenvalue weighted by Gasteiger charge is -1.98. The molecule has 100 valence electrons. The van der Waals surface area contributed by atoms with Gasteiger partial charge in [-0.25, -0.2) is 0 Å². The van der Waals surface area contributed by atoms with Crippen LogP contribution >= 0.6 is 23.2 Å². The van der Waals surface area contributed by atoms with E-state index >= 15 is 0 Å². The van der Waals surface area contributed by atoms with E-state index in [0.717, 1.165) is 0 Å². The Balaban J connectivity index is 2.02. The molecule has 1 aromatic heterocycles. The van der Waals surface area contributed by atoms with Gasteiger partial charge in [-0.2, -0.15) is 4.98 Å². The maximum absolute atomic E-state index is 9.76. The molecule has 3 rings (SSSR count). The largest absolute Gasteiger partial charge is 0.507 e. The van der Waals surface area contributed by atoms with Crippen LogP contribution in [-0.4, -0.2) is 15.2 Å². The van der Waals surface area contributed by atoms with E-state index in [1.807, 2.05) is 0 Å². The quantitative estimate of drug-likeness (QED) is 0.761. The van der Waals surface area contributed by atoms with E-state index in [9.17, 15) is 5.11 Å². The number of hydrogen-bond acceptors (Lipinski definition) is 4. The lowest BCUT2D eigenvalue weighted by molar-refractivity contribution is 0.426. The summed E-state index contributed by atoms with van der Waals surface area (Å²) < 4.78 is 5.16. The highest BCUT2D eigenvalue weighted by atomic mass is 35.5. The SMILES string of the molecule is Oc1ccccc1-c1nc(-c2ccc(Cl)c(Cl)c2)no1. The molecule has 6 heteroatoms. The van der Waals surface area contributed by atoms with Crippen LogP contribution in [0.2, 0.25) is 10.0 Å². The van der Waals surface area contributed by atoms with E-state index in [1.165, 1.54) is 0 Å². The minimum absolute atomic E-state index is 0.0804. The molecule has 0 fully saturated rings. The maximum Gasteiger partial charge on any atom is 0.261 e. The fraction of sp³-hybridized carbons (Fsp3) is 0. The summed E-state index contributed by atoms with van der Waals surface area (Å²) in [5.41, 5.74) is 1.16. The molecule has 0 bridgehead atoms. The summed E-state index contributed by atoms with van der Waals surface area (Å²) in [5, 5.41) is 14.5. The normalized spacial score (nSPS) is 10.7. The molecule has 0 aliphatic heterocycles. The first-order chi connectivity index (χ1) is 9.65. The molecule has 1 N–H and O–H groups in total. The first-order valence-corrected chi connectivity index (χ1v) is 6.48. The van der Waals surface area contributed by atoms with Gasteiger partial charge in [0.2, 0.25) is 5.82 Å². The second-order valence-electron chi connectivity index (χ2n) is 4.07. The van der Waals surface area contributed by atoms with Crippen molar-refractivity contribution < 1.29 is 9.63 Å². The van der Waals surface area contributed by atoms with Crippen LogP contribution < -0.4 is 0 Å². The van der Waals surface area contributed by atoms with E-state index in [-0.39, 0.29) is 11.6 Å². The Hall–Kier alpha value is -2.04. The molecule has 0 spiro atoms. The highest BCUT2D eigenvalue weighted by Crippen LogP contribution is 2.31. The van der Waals surface area contributed by atoms with Crippen molar-refractivity contribution in [2.75, 3.05) is 0 Å². The van der Waals surface area contributed by atoms with Gasteiger partial charge < -0.3 is 9.63 Å². The molecule has 3 aromatic rings. The fourth-order valence-corrected chi connectivity index (χ4v) is 2.04. The summed E-state index contributed by atoms with van der Waals surface area (Å²) in [5.74, 6) is 0.697. The van der Waals surface area contributed by atoms with Crippen LogP contribution in [0.15, 0.2) is 47.0 Å². The van der Waals surface area contributed by atoms with Crippen LogP contribution in [0.1, 0.15) is 0 Å². The highest BCUT2D eigenvalue weighted by molar-refractivity contribution is 6.42. The van der Waals surface area contributed by atoms with Crippen LogP contribution in [-0.2, 0) is 0 Å². The van der Waals surface area contributed by atoms with Crippen molar-refractivity contribution in [3.63, 3.8) is 0 Å². The number of rotatable bonds is 2. The van der Waals surface area contributed by atoms with E-state index in [1.54, 1.807) is 42.5 Å². The third-order valence-corrected chi connectivity index (χ3v) is 3.48. The summed E-state index contributed by atoms with van der Waals surface area (Å²) >= 11 is 11.8. The Kier molecular flexibility index (Phi) is 3.34. The second-order valence-corrected chi connectivity index (χ2v) is 4.88. The monoisotopic (exact) mass is 306 g/mol. The number of hydrogen-bond donors (Lipinski definition) is 1. The lowest BCUT2D eigenvalue weighted by Crippen LogP contribution is -1.82. The zero-order valence-electron chi connectivity index (χ0n) is 10.0. The second kappa shape index (κ2) is 5.15. The zero-order chi connectivity index (χ0) is 14.1. The van der Waals surface area contributed by atoms with Gasteiger partial charge in [-0.15, -0.1) is 0 Å². The van der Waals surface area contributed by atoms with Crippen LogP contribution in [0.25, 0.3) is 22.8 Å². The first kappa shape index (κ1) is 13.0. The third kappa shape index (κ3) is 2.35. The van der Waals surface area contributed by atoms with Crippen LogP contribution in [0.4, 0.5) is 0 Å². The topological polar surface area (TPSA) is 59.2 Å². The predicted octanol–water partition coefficient (Wildman–Crippen LogP) is 4.42. The molecule has 2 aromatic carbocycles. The molecular formula is C14H8Cl2N2O2. The van der Waals surface area contributed by atoms with Gasteiger partial charge in [0.15, 0.2) is 0 Å². The van der Waals surface area contributed by atoms with Gasteiger partial charge in [-0.1, -0.05) is 40.5 Å². The summed E-state index contributed by atoms with van der Waals surface area (Å²) in [6.07, 6.45) is 0. The molecule has 20 heavy (non-hydrogen) atoms. The number of halogens is 2. The third-order valence-electron chi connectivity index (χ3n) is 2.74. The van der Waals surface area contributed by atoms with Gasteiger partial charge in [0.05, 0.1) is 15.6 Å². The molecule has 0 aliphatic carbocycles. The molecule has 0 radical (unpaired) electrons. The zero-order valence-corrected chi connectivity index (χ0v) is 11.6. The summed E-state index contributed by atoms with van der Waals surface area (Å²) in [7, 11) is 0. The Morgan fingerprint density at radius 2 is 1.80 bits per heavy atom. The lowest BCUT2D eigenvalue weighted by atomic mass is 10.2. The van der Waals surface area contributed by atoms with Gasteiger partial charge in [0, 0.05) is 5.56 Å². The Morgan fingerprint density at radius 3 is 2.55 bits per heavy atom.